The summed E-state index contributed by atoms with van der Waals surface area (Å²) in [5.74, 6) is 0. The SMILES string of the molecule is CCC1(C)CCN(c2nc3c(s2)CCCC3NC)CC1. The van der Waals surface area contributed by atoms with E-state index in [0.29, 0.717) is 11.5 Å². The number of anilines is 1. The number of aromatic nitrogens is 1. The molecule has 20 heavy (non-hydrogen) atoms. The summed E-state index contributed by atoms with van der Waals surface area (Å²) in [6.07, 6.45) is 7.68. The minimum atomic E-state index is 0.481. The van der Waals surface area contributed by atoms with Gasteiger partial charge in [-0.25, -0.2) is 4.98 Å². The van der Waals surface area contributed by atoms with Crippen molar-refractivity contribution < 1.29 is 0 Å². The number of piperidine rings is 1. The zero-order valence-electron chi connectivity index (χ0n) is 13.0. The van der Waals surface area contributed by atoms with E-state index in [9.17, 15) is 0 Å². The molecule has 2 aliphatic rings. The van der Waals surface area contributed by atoms with E-state index in [1.165, 1.54) is 67.3 Å². The van der Waals surface area contributed by atoms with E-state index < -0.39 is 0 Å². The quantitative estimate of drug-likeness (QED) is 0.920. The summed E-state index contributed by atoms with van der Waals surface area (Å²) in [5, 5.41) is 4.70. The van der Waals surface area contributed by atoms with Crippen molar-refractivity contribution in [2.75, 3.05) is 25.0 Å². The predicted molar refractivity (Wildman–Crippen MR) is 86.7 cm³/mol. The maximum atomic E-state index is 4.98. The fraction of sp³-hybridized carbons (Fsp3) is 0.812. The van der Waals surface area contributed by atoms with Crippen molar-refractivity contribution in [2.24, 2.45) is 5.41 Å². The van der Waals surface area contributed by atoms with E-state index in [4.69, 9.17) is 4.98 Å². The van der Waals surface area contributed by atoms with Crippen LogP contribution in [0, 0.1) is 5.41 Å². The van der Waals surface area contributed by atoms with Crippen LogP contribution in [0.25, 0.3) is 0 Å². The lowest BCUT2D eigenvalue weighted by molar-refractivity contribution is 0.238. The van der Waals surface area contributed by atoms with Crippen molar-refractivity contribution in [2.45, 2.75) is 58.4 Å². The van der Waals surface area contributed by atoms with Gasteiger partial charge in [0.2, 0.25) is 0 Å². The van der Waals surface area contributed by atoms with E-state index in [1.807, 2.05) is 11.3 Å². The molecule has 3 nitrogen and oxygen atoms in total. The highest BCUT2D eigenvalue weighted by atomic mass is 32.1. The Morgan fingerprint density at radius 2 is 2.15 bits per heavy atom. The van der Waals surface area contributed by atoms with Crippen LogP contribution in [0.1, 0.15) is 62.6 Å². The Hall–Kier alpha value is -0.610. The number of nitrogens with one attached hydrogen (secondary N) is 1. The Morgan fingerprint density at radius 1 is 1.40 bits per heavy atom. The normalized spacial score (nSPS) is 25.6. The number of aryl methyl sites for hydroxylation is 1. The highest BCUT2D eigenvalue weighted by Gasteiger charge is 2.31. The standard InChI is InChI=1S/C16H27N3S/c1-4-16(2)8-10-19(11-9-16)15-18-14-12(17-3)6-5-7-13(14)20-15/h12,17H,4-11H2,1-3H3. The second kappa shape index (κ2) is 5.64. The predicted octanol–water partition coefficient (Wildman–Crippen LogP) is 3.76. The maximum Gasteiger partial charge on any atom is 0.185 e. The van der Waals surface area contributed by atoms with Crippen LogP contribution in [0.15, 0.2) is 0 Å². The second-order valence-corrected chi connectivity index (χ2v) is 7.75. The molecule has 1 fully saturated rings. The monoisotopic (exact) mass is 293 g/mol. The van der Waals surface area contributed by atoms with Gasteiger partial charge < -0.3 is 10.2 Å². The van der Waals surface area contributed by atoms with Gasteiger partial charge in [-0.15, -0.1) is 11.3 Å². The van der Waals surface area contributed by atoms with E-state index in [1.54, 1.807) is 0 Å². The molecule has 0 aromatic carbocycles. The van der Waals surface area contributed by atoms with Gasteiger partial charge in [0, 0.05) is 18.0 Å². The number of nitrogens with zero attached hydrogens (tertiary/aromatic N) is 2. The summed E-state index contributed by atoms with van der Waals surface area (Å²) in [4.78, 5) is 9.03. The zero-order chi connectivity index (χ0) is 14.2. The molecule has 1 aromatic heterocycles. The first kappa shape index (κ1) is 14.3. The third kappa shape index (κ3) is 2.60. The molecule has 1 unspecified atom stereocenters. The van der Waals surface area contributed by atoms with E-state index >= 15 is 0 Å². The van der Waals surface area contributed by atoms with Crippen molar-refractivity contribution >= 4 is 16.5 Å². The van der Waals surface area contributed by atoms with Gasteiger partial charge in [0.1, 0.15) is 0 Å². The molecule has 2 heterocycles. The molecule has 0 saturated carbocycles. The summed E-state index contributed by atoms with van der Waals surface area (Å²) in [6, 6.07) is 0.481. The van der Waals surface area contributed by atoms with Crippen LogP contribution in [0.5, 0.6) is 0 Å². The average Bonchev–Trinajstić information content (AvgIpc) is 2.91. The van der Waals surface area contributed by atoms with Crippen molar-refractivity contribution in [3.05, 3.63) is 10.6 Å². The van der Waals surface area contributed by atoms with Crippen LogP contribution in [-0.4, -0.2) is 25.1 Å². The summed E-state index contributed by atoms with van der Waals surface area (Å²) in [5.41, 5.74) is 1.89. The molecular formula is C16H27N3S. The molecule has 1 atom stereocenters. The van der Waals surface area contributed by atoms with E-state index in [0.717, 1.165) is 0 Å². The highest BCUT2D eigenvalue weighted by molar-refractivity contribution is 7.15. The summed E-state index contributed by atoms with van der Waals surface area (Å²) in [7, 11) is 2.06. The average molecular weight is 293 g/mol. The zero-order valence-corrected chi connectivity index (χ0v) is 13.9. The third-order valence-corrected chi connectivity index (χ3v) is 6.58. The fourth-order valence-electron chi connectivity index (χ4n) is 3.41. The first-order valence-corrected chi connectivity index (χ1v) is 8.88. The topological polar surface area (TPSA) is 28.2 Å². The lowest BCUT2D eigenvalue weighted by Crippen LogP contribution is -2.38. The molecule has 0 radical (unpaired) electrons. The van der Waals surface area contributed by atoms with Gasteiger partial charge in [0.05, 0.1) is 11.7 Å². The minimum Gasteiger partial charge on any atom is -0.348 e. The Morgan fingerprint density at radius 3 is 2.80 bits per heavy atom. The van der Waals surface area contributed by atoms with Gasteiger partial charge in [-0.05, 0) is 44.6 Å². The minimum absolute atomic E-state index is 0.481. The molecule has 1 aliphatic heterocycles. The lowest BCUT2D eigenvalue weighted by Gasteiger charge is -2.38. The van der Waals surface area contributed by atoms with E-state index in [2.05, 4.69) is 31.1 Å². The fourth-order valence-corrected chi connectivity index (χ4v) is 4.63. The van der Waals surface area contributed by atoms with Crippen LogP contribution in [0.3, 0.4) is 0 Å². The Balaban J connectivity index is 1.74. The van der Waals surface area contributed by atoms with Gasteiger partial charge in [-0.1, -0.05) is 20.3 Å². The van der Waals surface area contributed by atoms with Gasteiger partial charge in [-0.3, -0.25) is 0 Å². The molecule has 0 amide bonds. The summed E-state index contributed by atoms with van der Waals surface area (Å²) in [6.45, 7) is 7.13. The smallest absolute Gasteiger partial charge is 0.185 e. The van der Waals surface area contributed by atoms with E-state index in [-0.39, 0.29) is 0 Å². The molecule has 0 spiro atoms. The van der Waals surface area contributed by atoms with Crippen molar-refractivity contribution in [1.82, 2.24) is 10.3 Å². The Kier molecular flexibility index (Phi) is 4.04. The van der Waals surface area contributed by atoms with Crippen LogP contribution < -0.4 is 10.2 Å². The van der Waals surface area contributed by atoms with Gasteiger partial charge >= 0.3 is 0 Å². The summed E-state index contributed by atoms with van der Waals surface area (Å²) >= 11 is 1.94. The number of rotatable bonds is 3. The van der Waals surface area contributed by atoms with Crippen LogP contribution >= 0.6 is 11.3 Å². The molecule has 1 saturated heterocycles. The van der Waals surface area contributed by atoms with Crippen molar-refractivity contribution in [3.8, 4) is 0 Å². The molecule has 112 valence electrons. The van der Waals surface area contributed by atoms with Crippen molar-refractivity contribution in [3.63, 3.8) is 0 Å². The lowest BCUT2D eigenvalue weighted by atomic mass is 9.78. The molecule has 3 rings (SSSR count). The van der Waals surface area contributed by atoms with Crippen molar-refractivity contribution in [1.29, 1.82) is 0 Å². The first-order chi connectivity index (χ1) is 9.65. The van der Waals surface area contributed by atoms with Crippen LogP contribution in [0.2, 0.25) is 0 Å². The molecule has 1 aromatic rings. The number of fused-ring (bicyclic) bond motifs is 1. The largest absolute Gasteiger partial charge is 0.348 e. The van der Waals surface area contributed by atoms with Gasteiger partial charge in [0.25, 0.3) is 0 Å². The number of hydrogen-bond acceptors (Lipinski definition) is 4. The highest BCUT2D eigenvalue weighted by Crippen LogP contribution is 2.40. The third-order valence-electron chi connectivity index (χ3n) is 5.39. The molecule has 1 N–H and O–H groups in total. The number of thiazole rings is 1. The molecular weight excluding hydrogens is 266 g/mol. The number of hydrogen-bond donors (Lipinski definition) is 1. The first-order valence-electron chi connectivity index (χ1n) is 8.07. The van der Waals surface area contributed by atoms with Crippen LogP contribution in [0.4, 0.5) is 5.13 Å². The Bertz CT molecular complexity index is 460. The molecule has 1 aliphatic carbocycles. The van der Waals surface area contributed by atoms with Gasteiger partial charge in [0.15, 0.2) is 5.13 Å². The molecule has 4 heteroatoms. The molecule has 0 bridgehead atoms. The van der Waals surface area contributed by atoms with Gasteiger partial charge in [-0.2, -0.15) is 0 Å². The summed E-state index contributed by atoms with van der Waals surface area (Å²) < 4.78 is 0. The Labute approximate surface area is 126 Å². The maximum absolute atomic E-state index is 4.98. The second-order valence-electron chi connectivity index (χ2n) is 6.69. The van der Waals surface area contributed by atoms with Crippen LogP contribution in [-0.2, 0) is 6.42 Å².